The third kappa shape index (κ3) is 3.46. The summed E-state index contributed by atoms with van der Waals surface area (Å²) in [4.78, 5) is 16.2. The van der Waals surface area contributed by atoms with E-state index in [9.17, 15) is 4.79 Å². The molecular weight excluding hydrogens is 304 g/mol. The van der Waals surface area contributed by atoms with Gasteiger partial charge in [0, 0.05) is 32.7 Å². The average Bonchev–Trinajstić information content (AvgIpc) is 3.02. The number of carbonyl (C=O) groups is 1. The van der Waals surface area contributed by atoms with Gasteiger partial charge in [0.2, 0.25) is 0 Å². The van der Waals surface area contributed by atoms with Crippen LogP contribution in [0.5, 0.6) is 0 Å². The van der Waals surface area contributed by atoms with Crippen molar-refractivity contribution >= 4 is 23.0 Å². The molecule has 4 N–H and O–H groups in total. The highest BCUT2D eigenvalue weighted by molar-refractivity contribution is 6.48. The molecule has 2 heterocycles. The van der Waals surface area contributed by atoms with Gasteiger partial charge in [-0.1, -0.05) is 18.2 Å². The lowest BCUT2D eigenvalue weighted by Crippen LogP contribution is -2.23. The second-order valence-corrected chi connectivity index (χ2v) is 5.20. The lowest BCUT2D eigenvalue weighted by atomic mass is 10.1. The van der Waals surface area contributed by atoms with Gasteiger partial charge < -0.3 is 11.1 Å². The van der Waals surface area contributed by atoms with Crippen molar-refractivity contribution in [1.82, 2.24) is 14.8 Å². The minimum Gasteiger partial charge on any atom is -0.398 e. The molecule has 7 nitrogen and oxygen atoms in total. The van der Waals surface area contributed by atoms with Crippen LogP contribution in [0.4, 0.5) is 11.4 Å². The van der Waals surface area contributed by atoms with Gasteiger partial charge >= 0.3 is 0 Å². The summed E-state index contributed by atoms with van der Waals surface area (Å²) in [5.41, 5.74) is 7.98. The predicted molar refractivity (Wildman–Crippen MR) is 96.1 cm³/mol. The van der Waals surface area contributed by atoms with Crippen LogP contribution in [-0.2, 0) is 11.3 Å². The van der Waals surface area contributed by atoms with Crippen molar-refractivity contribution in [1.29, 1.82) is 5.41 Å². The monoisotopic (exact) mass is 324 g/mol. The van der Waals surface area contributed by atoms with Gasteiger partial charge in [-0.15, -0.1) is 0 Å². The molecule has 0 aliphatic carbocycles. The molecule has 0 aliphatic heterocycles. The van der Waals surface area contributed by atoms with E-state index in [1.165, 1.54) is 0 Å². The van der Waals surface area contributed by atoms with E-state index in [1.54, 1.807) is 53.7 Å². The van der Waals surface area contributed by atoms with Crippen LogP contribution in [0.3, 0.4) is 0 Å². The average molecular weight is 324 g/mol. The first-order valence-electron chi connectivity index (χ1n) is 7.29. The molecule has 0 aliphatic rings. The number of anilines is 2. The Morgan fingerprint density at radius 1 is 1.25 bits per heavy atom. The number of para-hydroxylation sites is 1. The summed E-state index contributed by atoms with van der Waals surface area (Å²) in [5, 5.41) is 14.8. The quantitative estimate of drug-likeness (QED) is 0.494. The summed E-state index contributed by atoms with van der Waals surface area (Å²) < 4.78 is 1.70. The Balaban J connectivity index is 0.00000169. The summed E-state index contributed by atoms with van der Waals surface area (Å²) in [6.45, 7) is 0.571. The van der Waals surface area contributed by atoms with E-state index in [1.807, 2.05) is 12.1 Å². The number of nitrogens with one attached hydrogen (secondary N) is 2. The van der Waals surface area contributed by atoms with Crippen LogP contribution < -0.4 is 11.1 Å². The Morgan fingerprint density at radius 2 is 2.00 bits per heavy atom. The molecular formula is C17H20N6O. The van der Waals surface area contributed by atoms with Crippen molar-refractivity contribution in [3.05, 3.63) is 72.3 Å². The zero-order valence-electron chi connectivity index (χ0n) is 12.8. The summed E-state index contributed by atoms with van der Waals surface area (Å²) >= 11 is 0. The predicted octanol–water partition coefficient (Wildman–Crippen LogP) is 2.41. The number of nitrogens with zero attached hydrogens (tertiary/aromatic N) is 3. The zero-order chi connectivity index (χ0) is 16.9. The second-order valence-electron chi connectivity index (χ2n) is 5.20. The molecule has 3 aromatic rings. The molecule has 0 bridgehead atoms. The molecule has 1 amide bonds. The Morgan fingerprint density at radius 3 is 2.75 bits per heavy atom. The first kappa shape index (κ1) is 15.4. The second kappa shape index (κ2) is 6.74. The number of amides is 1. The van der Waals surface area contributed by atoms with Crippen LogP contribution in [-0.4, -0.2) is 26.4 Å². The van der Waals surface area contributed by atoms with Gasteiger partial charge in [-0.3, -0.25) is 19.9 Å². The number of hydrogen-bond acceptors (Lipinski definition) is 5. The van der Waals surface area contributed by atoms with E-state index < -0.39 is 5.91 Å². The molecule has 3 rings (SSSR count). The fourth-order valence-electron chi connectivity index (χ4n) is 2.23. The number of benzene rings is 1. The molecule has 0 radical (unpaired) electrons. The molecule has 24 heavy (non-hydrogen) atoms. The van der Waals surface area contributed by atoms with Crippen LogP contribution in [0.2, 0.25) is 0 Å². The SMILES string of the molecule is N=C(C(=O)Nc1cnn(Cc2ccncc2)c1)c1ccccc1N.[HH].[HH]. The molecule has 0 spiro atoms. The van der Waals surface area contributed by atoms with E-state index in [0.29, 0.717) is 23.5 Å². The van der Waals surface area contributed by atoms with Crippen LogP contribution in [0.1, 0.15) is 14.0 Å². The lowest BCUT2D eigenvalue weighted by molar-refractivity contribution is -0.110. The zero-order valence-corrected chi connectivity index (χ0v) is 12.8. The number of nitrogen functional groups attached to an aromatic ring is 1. The summed E-state index contributed by atoms with van der Waals surface area (Å²) in [6.07, 6.45) is 6.68. The highest BCUT2D eigenvalue weighted by Gasteiger charge is 2.15. The van der Waals surface area contributed by atoms with Crippen molar-refractivity contribution in [2.24, 2.45) is 0 Å². The number of rotatable bonds is 5. The van der Waals surface area contributed by atoms with Crippen molar-refractivity contribution in [3.63, 3.8) is 0 Å². The lowest BCUT2D eigenvalue weighted by Gasteiger charge is -2.07. The van der Waals surface area contributed by atoms with Crippen molar-refractivity contribution in [2.45, 2.75) is 6.54 Å². The topological polar surface area (TPSA) is 110 Å². The Bertz CT molecular complexity index is 882. The van der Waals surface area contributed by atoms with Crippen LogP contribution in [0, 0.1) is 5.41 Å². The van der Waals surface area contributed by atoms with E-state index >= 15 is 0 Å². The first-order chi connectivity index (χ1) is 11.6. The standard InChI is InChI=1S/C17H16N6O.2H2/c18-15-4-2-1-3-14(15)16(19)17(24)22-13-9-21-23(11-13)10-12-5-7-20-8-6-12;;/h1-9,11,19H,10,18H2,(H,22,24);2*1H. The van der Waals surface area contributed by atoms with E-state index in [2.05, 4.69) is 15.4 Å². The van der Waals surface area contributed by atoms with Gasteiger partial charge in [0.05, 0.1) is 18.4 Å². The summed E-state index contributed by atoms with van der Waals surface area (Å²) in [6, 6.07) is 10.6. The van der Waals surface area contributed by atoms with Crippen molar-refractivity contribution in [3.8, 4) is 0 Å². The number of aromatic nitrogens is 3. The Kier molecular flexibility index (Phi) is 4.33. The highest BCUT2D eigenvalue weighted by Crippen LogP contribution is 2.13. The molecule has 1 aromatic carbocycles. The molecule has 0 saturated heterocycles. The van der Waals surface area contributed by atoms with Gasteiger partial charge in [0.25, 0.3) is 5.91 Å². The number of nitrogens with two attached hydrogens (primary N) is 1. The molecule has 124 valence electrons. The molecule has 0 unspecified atom stereocenters. The first-order valence-corrected chi connectivity index (χ1v) is 7.29. The summed E-state index contributed by atoms with van der Waals surface area (Å²) in [7, 11) is 0. The molecule has 0 saturated carbocycles. The minimum atomic E-state index is -0.531. The maximum Gasteiger partial charge on any atom is 0.274 e. The summed E-state index contributed by atoms with van der Waals surface area (Å²) in [5.74, 6) is -0.531. The van der Waals surface area contributed by atoms with Crippen molar-refractivity contribution < 1.29 is 7.65 Å². The third-order valence-corrected chi connectivity index (χ3v) is 3.44. The largest absolute Gasteiger partial charge is 0.398 e. The van der Waals surface area contributed by atoms with Gasteiger partial charge in [-0.2, -0.15) is 5.10 Å². The maximum atomic E-state index is 12.2. The maximum absolute atomic E-state index is 12.2. The van der Waals surface area contributed by atoms with Gasteiger partial charge in [0.1, 0.15) is 5.71 Å². The highest BCUT2D eigenvalue weighted by atomic mass is 16.1. The van der Waals surface area contributed by atoms with Gasteiger partial charge in [-0.05, 0) is 23.8 Å². The van der Waals surface area contributed by atoms with E-state index in [-0.39, 0.29) is 8.56 Å². The number of hydrogen-bond donors (Lipinski definition) is 3. The van der Waals surface area contributed by atoms with Gasteiger partial charge in [-0.25, -0.2) is 0 Å². The minimum absolute atomic E-state index is 0. The van der Waals surface area contributed by atoms with Crippen LogP contribution >= 0.6 is 0 Å². The van der Waals surface area contributed by atoms with Crippen molar-refractivity contribution in [2.75, 3.05) is 11.1 Å². The number of carbonyl (C=O) groups excluding carboxylic acids is 1. The normalized spacial score (nSPS) is 10.3. The third-order valence-electron chi connectivity index (χ3n) is 3.44. The van der Waals surface area contributed by atoms with E-state index in [4.69, 9.17) is 11.1 Å². The smallest absolute Gasteiger partial charge is 0.274 e. The molecule has 0 fully saturated rings. The van der Waals surface area contributed by atoms with Crippen LogP contribution in [0.25, 0.3) is 0 Å². The van der Waals surface area contributed by atoms with E-state index in [0.717, 1.165) is 5.56 Å². The molecule has 2 aromatic heterocycles. The fourth-order valence-corrected chi connectivity index (χ4v) is 2.23. The fraction of sp³-hybridized carbons (Fsp3) is 0.0588. The number of pyridine rings is 1. The Labute approximate surface area is 141 Å². The molecule has 7 heteroatoms. The Hall–Kier alpha value is -3.48. The van der Waals surface area contributed by atoms with Crippen LogP contribution in [0.15, 0.2) is 61.2 Å². The van der Waals surface area contributed by atoms with Gasteiger partial charge in [0.15, 0.2) is 0 Å². The molecule has 0 atom stereocenters.